The second-order valence-electron chi connectivity index (χ2n) is 4.31. The Bertz CT molecular complexity index is 821. The average Bonchev–Trinajstić information content (AvgIpc) is 2.86. The van der Waals surface area contributed by atoms with E-state index in [1.807, 2.05) is 0 Å². The number of aromatic nitrogens is 2. The zero-order chi connectivity index (χ0) is 17.0. The number of nitrogens with one attached hydrogen (secondary N) is 1. The number of para-hydroxylation sites is 1. The highest BCUT2D eigenvalue weighted by Crippen LogP contribution is 2.19. The Labute approximate surface area is 128 Å². The van der Waals surface area contributed by atoms with Gasteiger partial charge in [-0.3, -0.25) is 9.59 Å². The van der Waals surface area contributed by atoms with Crippen molar-refractivity contribution in [2.45, 2.75) is 13.5 Å². The molecule has 1 aromatic heterocycles. The number of ether oxygens (including phenoxy) is 2. The maximum Gasteiger partial charge on any atom is 0.342 e. The summed E-state index contributed by atoms with van der Waals surface area (Å²) in [4.78, 5) is 45.4. The van der Waals surface area contributed by atoms with Gasteiger partial charge in [-0.05, 0) is 17.0 Å². The van der Waals surface area contributed by atoms with Crippen LogP contribution < -0.4 is 15.1 Å². The third kappa shape index (κ3) is 3.61. The number of primary amides is 1. The number of rotatable bonds is 5. The molecule has 2 rings (SSSR count). The van der Waals surface area contributed by atoms with Crippen LogP contribution in [0.4, 0.5) is 0 Å². The molecular formula is C13H12N3O7+. The largest absolute Gasteiger partial charge is 0.453 e. The molecule has 1 aromatic carbocycles. The minimum atomic E-state index is -1.05. The molecule has 0 unspecified atom stereocenters. The standard InChI is InChI=1S/C13H11N3O7/c1-7(17)22-10-5-3-2-4-8(10)13(19)21-6-9-11(12(14)18)16(20)23-15-9/h2-5H,6H2,1H3,(H2-,14,15,18,20)/p+1. The van der Waals surface area contributed by atoms with E-state index in [1.165, 1.54) is 19.1 Å². The van der Waals surface area contributed by atoms with Crippen molar-refractivity contribution in [1.82, 2.24) is 5.16 Å². The van der Waals surface area contributed by atoms with Gasteiger partial charge in [-0.15, -0.1) is 0 Å². The molecule has 2 aromatic rings. The molecule has 0 saturated heterocycles. The van der Waals surface area contributed by atoms with Gasteiger partial charge in [0.1, 0.15) is 11.3 Å². The topological polar surface area (TPSA) is 148 Å². The fourth-order valence-corrected chi connectivity index (χ4v) is 1.73. The van der Waals surface area contributed by atoms with Crippen LogP contribution in [-0.4, -0.2) is 23.0 Å². The van der Waals surface area contributed by atoms with Crippen LogP contribution in [0.3, 0.4) is 0 Å². The molecule has 10 nitrogen and oxygen atoms in total. The van der Waals surface area contributed by atoms with Crippen LogP contribution in [0.15, 0.2) is 28.9 Å². The van der Waals surface area contributed by atoms with E-state index in [2.05, 4.69) is 9.79 Å². The third-order valence-corrected chi connectivity index (χ3v) is 2.66. The zero-order valence-electron chi connectivity index (χ0n) is 11.9. The number of carbonyl (C=O) groups excluding carboxylic acids is 3. The number of benzene rings is 1. The molecule has 23 heavy (non-hydrogen) atoms. The van der Waals surface area contributed by atoms with Crippen molar-refractivity contribution in [3.05, 3.63) is 46.1 Å². The van der Waals surface area contributed by atoms with Gasteiger partial charge in [0.05, 0.1) is 0 Å². The van der Waals surface area contributed by atoms with Gasteiger partial charge in [0.15, 0.2) is 11.2 Å². The van der Waals surface area contributed by atoms with Crippen LogP contribution >= 0.6 is 0 Å². The molecule has 0 bridgehead atoms. The molecule has 0 fully saturated rings. The smallest absolute Gasteiger partial charge is 0.342 e. The van der Waals surface area contributed by atoms with Crippen molar-refractivity contribution in [2.75, 3.05) is 0 Å². The quantitative estimate of drug-likeness (QED) is 0.577. The molecule has 3 N–H and O–H groups in total. The van der Waals surface area contributed by atoms with Crippen molar-refractivity contribution in [3.63, 3.8) is 0 Å². The average molecular weight is 322 g/mol. The van der Waals surface area contributed by atoms with Gasteiger partial charge >= 0.3 is 23.5 Å². The first-order valence-electron chi connectivity index (χ1n) is 6.28. The van der Waals surface area contributed by atoms with Crippen molar-refractivity contribution < 1.29 is 33.1 Å². The SMILES string of the molecule is CC(=O)Oc1ccccc1C(=O)OCc1[nH]o[n+](=O)c1C(N)=O. The lowest BCUT2D eigenvalue weighted by atomic mass is 10.2. The number of nitrogens with two attached hydrogens (primary N) is 1. The maximum absolute atomic E-state index is 12.0. The normalized spacial score (nSPS) is 10.1. The molecule has 1 heterocycles. The number of amides is 1. The fraction of sp³-hybridized carbons (Fsp3) is 0.154. The zero-order valence-corrected chi connectivity index (χ0v) is 11.9. The van der Waals surface area contributed by atoms with E-state index in [-0.39, 0.29) is 21.6 Å². The summed E-state index contributed by atoms with van der Waals surface area (Å²) in [7, 11) is 0. The Morgan fingerprint density at radius 3 is 2.65 bits per heavy atom. The van der Waals surface area contributed by atoms with E-state index in [0.717, 1.165) is 0 Å². The van der Waals surface area contributed by atoms with E-state index >= 15 is 0 Å². The van der Waals surface area contributed by atoms with Crippen LogP contribution in [0.1, 0.15) is 33.5 Å². The summed E-state index contributed by atoms with van der Waals surface area (Å²) in [5.74, 6) is -2.45. The fourth-order valence-electron chi connectivity index (χ4n) is 1.73. The molecule has 10 heteroatoms. The van der Waals surface area contributed by atoms with Crippen molar-refractivity contribution >= 4 is 17.8 Å². The van der Waals surface area contributed by atoms with Gasteiger partial charge in [-0.2, -0.15) is 0 Å². The Kier molecular flexibility index (Phi) is 4.55. The molecule has 120 valence electrons. The summed E-state index contributed by atoms with van der Waals surface area (Å²) in [5.41, 5.74) is 4.41. The van der Waals surface area contributed by atoms with Crippen LogP contribution in [0.2, 0.25) is 0 Å². The molecule has 0 radical (unpaired) electrons. The predicted molar refractivity (Wildman–Crippen MR) is 71.8 cm³/mol. The van der Waals surface area contributed by atoms with Gasteiger partial charge in [0.25, 0.3) is 0 Å². The van der Waals surface area contributed by atoms with E-state index in [4.69, 9.17) is 15.2 Å². The number of nitrogens with zero attached hydrogens (tertiary/aromatic N) is 1. The first-order chi connectivity index (χ1) is 10.9. The lowest BCUT2D eigenvalue weighted by molar-refractivity contribution is -0.714. The Morgan fingerprint density at radius 1 is 1.30 bits per heavy atom. The molecule has 1 amide bonds. The molecule has 0 atom stereocenters. The maximum atomic E-state index is 12.0. The highest BCUT2D eigenvalue weighted by molar-refractivity contribution is 5.93. The molecule has 0 saturated carbocycles. The minimum absolute atomic E-state index is 0.00169. The monoisotopic (exact) mass is 322 g/mol. The Morgan fingerprint density at radius 2 is 2.00 bits per heavy atom. The molecule has 0 spiro atoms. The van der Waals surface area contributed by atoms with E-state index < -0.39 is 30.1 Å². The predicted octanol–water partition coefficient (Wildman–Crippen LogP) is -0.0966. The first kappa shape index (κ1) is 15.9. The summed E-state index contributed by atoms with van der Waals surface area (Å²) in [6, 6.07) is 5.93. The van der Waals surface area contributed by atoms with Crippen molar-refractivity contribution in [3.8, 4) is 5.75 Å². The highest BCUT2D eigenvalue weighted by atomic mass is 16.7. The first-order valence-corrected chi connectivity index (χ1v) is 6.28. The lowest BCUT2D eigenvalue weighted by Gasteiger charge is -2.07. The number of carbonyl (C=O) groups is 3. The highest BCUT2D eigenvalue weighted by Gasteiger charge is 2.27. The Hall–Kier alpha value is -3.43. The number of H-pyrrole nitrogens is 1. The van der Waals surface area contributed by atoms with E-state index in [0.29, 0.717) is 0 Å². The minimum Gasteiger partial charge on any atom is -0.453 e. The number of aromatic amines is 1. The van der Waals surface area contributed by atoms with Crippen molar-refractivity contribution in [2.24, 2.45) is 5.73 Å². The van der Waals surface area contributed by atoms with Crippen LogP contribution in [0, 0.1) is 4.91 Å². The number of hydrogen-bond donors (Lipinski definition) is 2. The number of hydrogen-bond acceptors (Lipinski definition) is 7. The van der Waals surface area contributed by atoms with Gasteiger partial charge in [0, 0.05) is 6.92 Å². The van der Waals surface area contributed by atoms with Crippen LogP contribution in [0.25, 0.3) is 0 Å². The summed E-state index contributed by atoms with van der Waals surface area (Å²) in [6.45, 7) is 0.721. The van der Waals surface area contributed by atoms with Crippen LogP contribution in [-0.2, 0) is 16.1 Å². The van der Waals surface area contributed by atoms with Crippen LogP contribution in [0.5, 0.6) is 5.75 Å². The molecule has 0 aliphatic carbocycles. The number of esters is 2. The summed E-state index contributed by atoms with van der Waals surface area (Å²) in [5, 5.41) is 2.12. The lowest BCUT2D eigenvalue weighted by Crippen LogP contribution is -2.27. The summed E-state index contributed by atoms with van der Waals surface area (Å²) in [6.07, 6.45) is 0. The summed E-state index contributed by atoms with van der Waals surface area (Å²) >= 11 is 0. The van der Waals surface area contributed by atoms with E-state index in [9.17, 15) is 19.3 Å². The molecular weight excluding hydrogens is 310 g/mol. The second kappa shape index (κ2) is 6.56. The van der Waals surface area contributed by atoms with E-state index in [1.54, 1.807) is 12.1 Å². The van der Waals surface area contributed by atoms with Crippen molar-refractivity contribution in [1.29, 1.82) is 0 Å². The van der Waals surface area contributed by atoms with Gasteiger partial charge in [0.2, 0.25) is 5.69 Å². The van der Waals surface area contributed by atoms with Gasteiger partial charge < -0.3 is 15.2 Å². The Balaban J connectivity index is 2.16. The van der Waals surface area contributed by atoms with Gasteiger partial charge in [-0.1, -0.05) is 21.9 Å². The third-order valence-electron chi connectivity index (χ3n) is 2.66. The second-order valence-corrected chi connectivity index (χ2v) is 4.31. The molecule has 0 aliphatic rings. The summed E-state index contributed by atoms with van der Waals surface area (Å²) < 4.78 is 14.1. The molecule has 0 aliphatic heterocycles. The van der Waals surface area contributed by atoms with Gasteiger partial charge in [-0.25, -0.2) is 4.79 Å².